The number of benzene rings is 2. The van der Waals surface area contributed by atoms with Crippen LogP contribution in [-0.2, 0) is 24.6 Å². The predicted molar refractivity (Wildman–Crippen MR) is 119 cm³/mol. The van der Waals surface area contributed by atoms with Crippen LogP contribution >= 0.6 is 22.6 Å². The first-order valence-electron chi connectivity index (χ1n) is 8.89. The number of carbonyl (C=O) groups excluding carboxylic acids is 2. The smallest absolute Gasteiger partial charge is 0.359 e. The second-order valence-corrected chi connectivity index (χ2v) is 7.85. The molecule has 8 heteroatoms. The fraction of sp³-hybridized carbons (Fsp3) is 0.136. The number of rotatable bonds is 7. The number of ether oxygens (including phenoxy) is 1. The van der Waals surface area contributed by atoms with Crippen molar-refractivity contribution in [3.05, 3.63) is 84.6 Å². The van der Waals surface area contributed by atoms with Crippen molar-refractivity contribution in [3.8, 4) is 11.3 Å². The van der Waals surface area contributed by atoms with Gasteiger partial charge in [-0.05, 0) is 46.4 Å². The molecule has 0 N–H and O–H groups in total. The lowest BCUT2D eigenvalue weighted by atomic mass is 10.0. The molecule has 0 spiro atoms. The Kier molecular flexibility index (Phi) is 6.66. The van der Waals surface area contributed by atoms with Gasteiger partial charge in [-0.2, -0.15) is 0 Å². The van der Waals surface area contributed by atoms with Crippen molar-refractivity contribution >= 4 is 40.2 Å². The van der Waals surface area contributed by atoms with Gasteiger partial charge >= 0.3 is 5.97 Å². The quantitative estimate of drug-likeness (QED) is 0.194. The summed E-state index contributed by atoms with van der Waals surface area (Å²) in [5.41, 5.74) is 2.02. The van der Waals surface area contributed by atoms with Crippen LogP contribution in [-0.4, -0.2) is 24.1 Å². The van der Waals surface area contributed by atoms with Gasteiger partial charge in [0.2, 0.25) is 5.91 Å². The second-order valence-electron chi connectivity index (χ2n) is 6.36. The fourth-order valence-corrected chi connectivity index (χ4v) is 3.24. The van der Waals surface area contributed by atoms with E-state index in [1.807, 2.05) is 6.07 Å². The molecule has 2 aromatic carbocycles. The van der Waals surface area contributed by atoms with E-state index in [0.29, 0.717) is 11.3 Å². The van der Waals surface area contributed by atoms with Crippen molar-refractivity contribution in [2.45, 2.75) is 10.3 Å². The standard InChI is InChI=1S/C22H18FIN2O4/c1-3-19(27)26(2)17-11-9-16(10-12-17)20-18(14-30-25-20)22(23,24)21(28)29-13-15-7-5-4-6-8-15/h3-12,14H,1,13H2,2H3. The van der Waals surface area contributed by atoms with Gasteiger partial charge in [0, 0.05) is 18.3 Å². The van der Waals surface area contributed by atoms with E-state index in [9.17, 15) is 9.59 Å². The van der Waals surface area contributed by atoms with Gasteiger partial charge in [0.25, 0.3) is 3.68 Å². The molecule has 6 nitrogen and oxygen atoms in total. The number of nitrogens with zero attached hydrogens (tertiary/aromatic N) is 2. The highest BCUT2D eigenvalue weighted by molar-refractivity contribution is 14.1. The number of hydrogen-bond donors (Lipinski definition) is 0. The third-order valence-corrected chi connectivity index (χ3v) is 5.43. The highest BCUT2D eigenvalue weighted by Gasteiger charge is 2.43. The monoisotopic (exact) mass is 520 g/mol. The third-order valence-electron chi connectivity index (χ3n) is 4.41. The molecule has 1 heterocycles. The maximum atomic E-state index is 15.4. The lowest BCUT2D eigenvalue weighted by molar-refractivity contribution is -0.152. The van der Waals surface area contributed by atoms with E-state index in [4.69, 9.17) is 9.26 Å². The van der Waals surface area contributed by atoms with Gasteiger partial charge < -0.3 is 14.2 Å². The van der Waals surface area contributed by atoms with Crippen molar-refractivity contribution in [3.63, 3.8) is 0 Å². The maximum absolute atomic E-state index is 15.4. The summed E-state index contributed by atoms with van der Waals surface area (Å²) in [6, 6.07) is 15.7. The highest BCUT2D eigenvalue weighted by Crippen LogP contribution is 2.41. The first-order chi connectivity index (χ1) is 14.3. The van der Waals surface area contributed by atoms with Crippen LogP contribution in [0.15, 0.2) is 78.0 Å². The van der Waals surface area contributed by atoms with Crippen molar-refractivity contribution < 1.29 is 23.2 Å². The number of aromatic nitrogens is 1. The van der Waals surface area contributed by atoms with Crippen LogP contribution in [0.25, 0.3) is 11.3 Å². The average Bonchev–Trinajstić information content (AvgIpc) is 3.28. The summed E-state index contributed by atoms with van der Waals surface area (Å²) in [5.74, 6) is -1.31. The van der Waals surface area contributed by atoms with E-state index >= 15 is 4.39 Å². The van der Waals surface area contributed by atoms with Crippen LogP contribution in [0.2, 0.25) is 0 Å². The number of carbonyl (C=O) groups is 2. The summed E-state index contributed by atoms with van der Waals surface area (Å²) < 4.78 is 23.0. The number of likely N-dealkylation sites (N-methyl/N-ethyl adjacent to an activating group) is 1. The van der Waals surface area contributed by atoms with Crippen LogP contribution in [0.1, 0.15) is 11.1 Å². The topological polar surface area (TPSA) is 72.6 Å². The molecule has 1 aromatic heterocycles. The van der Waals surface area contributed by atoms with Crippen molar-refractivity contribution in [1.82, 2.24) is 5.16 Å². The molecule has 0 aliphatic heterocycles. The zero-order chi connectivity index (χ0) is 21.7. The van der Waals surface area contributed by atoms with E-state index in [0.717, 1.165) is 11.8 Å². The van der Waals surface area contributed by atoms with Gasteiger partial charge in [0.05, 0.1) is 5.56 Å². The Labute approximate surface area is 186 Å². The van der Waals surface area contributed by atoms with Crippen LogP contribution < -0.4 is 4.90 Å². The SMILES string of the molecule is C=CC(=O)N(C)c1ccc(-c2nocc2C(F)(I)C(=O)OCc2ccccc2)cc1. The molecule has 1 unspecified atom stereocenters. The zero-order valence-corrected chi connectivity index (χ0v) is 18.2. The van der Waals surface area contributed by atoms with Crippen LogP contribution in [0.4, 0.5) is 10.1 Å². The number of halogens is 2. The van der Waals surface area contributed by atoms with Gasteiger partial charge in [-0.15, -0.1) is 0 Å². The number of alkyl halides is 2. The summed E-state index contributed by atoms with van der Waals surface area (Å²) in [6.45, 7) is 3.41. The summed E-state index contributed by atoms with van der Waals surface area (Å²) in [5, 5.41) is 3.85. The Bertz CT molecular complexity index is 1050. The molecule has 154 valence electrons. The van der Waals surface area contributed by atoms with E-state index in [2.05, 4.69) is 11.7 Å². The van der Waals surface area contributed by atoms with Gasteiger partial charge in [-0.1, -0.05) is 54.2 Å². The highest BCUT2D eigenvalue weighted by atomic mass is 127. The number of anilines is 1. The summed E-state index contributed by atoms with van der Waals surface area (Å²) in [4.78, 5) is 25.6. The largest absolute Gasteiger partial charge is 0.458 e. The molecule has 0 saturated heterocycles. The Morgan fingerprint density at radius 3 is 2.53 bits per heavy atom. The number of hydrogen-bond acceptors (Lipinski definition) is 5. The minimum absolute atomic E-state index is 0.0483. The van der Waals surface area contributed by atoms with Crippen molar-refractivity contribution in [1.29, 1.82) is 0 Å². The molecule has 3 aromatic rings. The van der Waals surface area contributed by atoms with E-state index < -0.39 is 9.64 Å². The van der Waals surface area contributed by atoms with E-state index in [1.54, 1.807) is 55.6 Å². The molecule has 3 rings (SSSR count). The number of esters is 1. The van der Waals surface area contributed by atoms with Crippen LogP contribution in [0.5, 0.6) is 0 Å². The van der Waals surface area contributed by atoms with Gasteiger partial charge in [-0.3, -0.25) is 4.79 Å². The third kappa shape index (κ3) is 4.59. The van der Waals surface area contributed by atoms with Crippen LogP contribution in [0, 0.1) is 0 Å². The molecule has 0 aliphatic rings. The van der Waals surface area contributed by atoms with Crippen molar-refractivity contribution in [2.75, 3.05) is 11.9 Å². The Morgan fingerprint density at radius 1 is 1.23 bits per heavy atom. The molecule has 1 amide bonds. The zero-order valence-electron chi connectivity index (χ0n) is 16.0. The molecule has 0 saturated carbocycles. The fourth-order valence-electron chi connectivity index (χ4n) is 2.70. The summed E-state index contributed by atoms with van der Waals surface area (Å²) in [7, 11) is 1.61. The first kappa shape index (κ1) is 21.7. The van der Waals surface area contributed by atoms with Crippen LogP contribution in [0.3, 0.4) is 0 Å². The maximum Gasteiger partial charge on any atom is 0.359 e. The Hall–Kier alpha value is -3.01. The minimum atomic E-state index is -2.49. The minimum Gasteiger partial charge on any atom is -0.458 e. The summed E-state index contributed by atoms with van der Waals surface area (Å²) in [6.07, 6.45) is 2.30. The van der Waals surface area contributed by atoms with Gasteiger partial charge in [0.15, 0.2) is 0 Å². The molecular formula is C22H18FIN2O4. The molecule has 1 atom stereocenters. The number of amides is 1. The molecular weight excluding hydrogens is 502 g/mol. The molecule has 30 heavy (non-hydrogen) atoms. The molecule has 0 bridgehead atoms. The predicted octanol–water partition coefficient (Wildman–Crippen LogP) is 4.79. The normalized spacial score (nSPS) is 12.6. The van der Waals surface area contributed by atoms with E-state index in [-0.39, 0.29) is 23.8 Å². The Balaban J connectivity index is 1.80. The molecule has 0 fully saturated rings. The lowest BCUT2D eigenvalue weighted by Crippen LogP contribution is -2.26. The first-order valence-corrected chi connectivity index (χ1v) is 9.97. The molecule has 0 radical (unpaired) electrons. The van der Waals surface area contributed by atoms with Crippen molar-refractivity contribution in [2.24, 2.45) is 0 Å². The van der Waals surface area contributed by atoms with Gasteiger partial charge in [-0.25, -0.2) is 9.18 Å². The summed E-state index contributed by atoms with van der Waals surface area (Å²) >= 11 is 1.39. The van der Waals surface area contributed by atoms with E-state index in [1.165, 1.54) is 33.6 Å². The Morgan fingerprint density at radius 2 is 1.90 bits per heavy atom. The second kappa shape index (κ2) is 9.21. The average molecular weight is 520 g/mol. The lowest BCUT2D eigenvalue weighted by Gasteiger charge is -2.17. The molecule has 0 aliphatic carbocycles. The van der Waals surface area contributed by atoms with Gasteiger partial charge in [0.1, 0.15) is 18.6 Å².